The number of para-hydroxylation sites is 1. The minimum absolute atomic E-state index is 0.263. The Balaban J connectivity index is 2.77. The average molecular weight is 366 g/mol. The fourth-order valence-electron chi connectivity index (χ4n) is 1.64. The average Bonchev–Trinajstić information content (AvgIpc) is 2.36. The lowest BCUT2D eigenvalue weighted by molar-refractivity contribution is -0.147. The second-order valence-electron chi connectivity index (χ2n) is 5.61. The number of halogens is 1. The summed E-state index contributed by atoms with van der Waals surface area (Å²) in [5.41, 5.74) is -0.999. The zero-order chi connectivity index (χ0) is 17.0. The van der Waals surface area contributed by atoms with Gasteiger partial charge in [-0.15, -0.1) is 0 Å². The number of hydrogen-bond acceptors (Lipinski definition) is 5. The summed E-state index contributed by atoms with van der Waals surface area (Å²) in [6, 6.07) is 8.54. The maximum atomic E-state index is 12.4. The number of benzene rings is 1. The smallest absolute Gasteiger partial charge is 0.409 e. The highest BCUT2D eigenvalue weighted by Crippen LogP contribution is 2.50. The molecule has 0 spiro atoms. The standard InChI is InChI=1S/C14H21ClNO4PS/c1-10(2)19-13(17)12(22)14(3,4)16-21(15,18)20-11-8-6-5-7-9-11/h5-10,12,22H,1-4H3,(H,16,18). The molecule has 0 bridgehead atoms. The Labute approximate surface area is 141 Å². The fraction of sp³-hybridized carbons (Fsp3) is 0.500. The molecule has 0 fully saturated rings. The zero-order valence-corrected chi connectivity index (χ0v) is 15.5. The Morgan fingerprint density at radius 2 is 1.86 bits per heavy atom. The van der Waals surface area contributed by atoms with Gasteiger partial charge in [-0.3, -0.25) is 4.79 Å². The second-order valence-corrected chi connectivity index (χ2v) is 8.82. The Bertz CT molecular complexity index is 553. The van der Waals surface area contributed by atoms with E-state index in [1.165, 1.54) is 0 Å². The van der Waals surface area contributed by atoms with E-state index in [0.717, 1.165) is 0 Å². The van der Waals surface area contributed by atoms with Crippen LogP contribution in [0.4, 0.5) is 0 Å². The number of esters is 1. The van der Waals surface area contributed by atoms with Crippen molar-refractivity contribution in [1.82, 2.24) is 5.09 Å². The molecule has 1 aromatic rings. The van der Waals surface area contributed by atoms with Gasteiger partial charge in [0, 0.05) is 16.8 Å². The maximum Gasteiger partial charge on any atom is 0.409 e. The molecule has 1 N–H and O–H groups in total. The summed E-state index contributed by atoms with van der Waals surface area (Å²) in [6.45, 7) is 3.08. The van der Waals surface area contributed by atoms with Gasteiger partial charge in [0.2, 0.25) is 0 Å². The summed E-state index contributed by atoms with van der Waals surface area (Å²) in [7, 11) is 0. The van der Waals surface area contributed by atoms with Gasteiger partial charge in [0.25, 0.3) is 0 Å². The van der Waals surface area contributed by atoms with Gasteiger partial charge >= 0.3 is 12.8 Å². The number of thiol groups is 1. The largest absolute Gasteiger partial charge is 0.462 e. The van der Waals surface area contributed by atoms with Gasteiger partial charge in [-0.25, -0.2) is 9.65 Å². The Hall–Kier alpha value is -0.680. The molecule has 0 saturated carbocycles. The molecular weight excluding hydrogens is 345 g/mol. The van der Waals surface area contributed by atoms with E-state index in [9.17, 15) is 9.36 Å². The molecule has 2 unspecified atom stereocenters. The van der Waals surface area contributed by atoms with Gasteiger partial charge in [0.05, 0.1) is 6.10 Å². The summed E-state index contributed by atoms with van der Waals surface area (Å²) in [5, 5.41) is 1.80. The van der Waals surface area contributed by atoms with Crippen molar-refractivity contribution in [2.45, 2.75) is 44.6 Å². The predicted octanol–water partition coefficient (Wildman–Crippen LogP) is 4.03. The van der Waals surface area contributed by atoms with Gasteiger partial charge in [-0.2, -0.15) is 12.6 Å². The number of carbonyl (C=O) groups is 1. The molecule has 0 aliphatic heterocycles. The van der Waals surface area contributed by atoms with E-state index in [-0.39, 0.29) is 6.10 Å². The Morgan fingerprint density at radius 3 is 2.36 bits per heavy atom. The number of ether oxygens (including phenoxy) is 1. The van der Waals surface area contributed by atoms with Crippen LogP contribution in [-0.4, -0.2) is 22.9 Å². The first-order chi connectivity index (χ1) is 10.0. The van der Waals surface area contributed by atoms with Crippen molar-refractivity contribution in [2.24, 2.45) is 0 Å². The Kier molecular flexibility index (Phi) is 6.81. The lowest BCUT2D eigenvalue weighted by Crippen LogP contribution is -2.49. The first-order valence-corrected chi connectivity index (χ1v) is 9.80. The van der Waals surface area contributed by atoms with E-state index in [1.807, 2.05) is 0 Å². The third kappa shape index (κ3) is 6.21. The third-order valence-electron chi connectivity index (χ3n) is 2.65. The molecule has 1 rings (SSSR count). The quantitative estimate of drug-likeness (QED) is 0.434. The Morgan fingerprint density at radius 1 is 1.32 bits per heavy atom. The van der Waals surface area contributed by atoms with Gasteiger partial charge < -0.3 is 9.26 Å². The molecule has 0 aliphatic rings. The molecule has 8 heteroatoms. The van der Waals surface area contributed by atoms with Crippen LogP contribution in [0, 0.1) is 0 Å². The van der Waals surface area contributed by atoms with Crippen LogP contribution in [0.2, 0.25) is 0 Å². The number of carbonyl (C=O) groups excluding carboxylic acids is 1. The van der Waals surface area contributed by atoms with Gasteiger partial charge in [0.1, 0.15) is 11.0 Å². The molecule has 2 atom stereocenters. The molecule has 0 amide bonds. The van der Waals surface area contributed by atoms with Crippen molar-refractivity contribution in [1.29, 1.82) is 0 Å². The van der Waals surface area contributed by atoms with E-state index in [1.54, 1.807) is 58.0 Å². The highest BCUT2D eigenvalue weighted by atomic mass is 35.7. The van der Waals surface area contributed by atoms with E-state index in [2.05, 4.69) is 17.7 Å². The molecule has 22 heavy (non-hydrogen) atoms. The third-order valence-corrected chi connectivity index (χ3v) is 5.25. The van der Waals surface area contributed by atoms with Gasteiger partial charge in [0.15, 0.2) is 0 Å². The molecule has 0 radical (unpaired) electrons. The highest BCUT2D eigenvalue weighted by molar-refractivity contribution is 7.84. The lowest BCUT2D eigenvalue weighted by atomic mass is 10.0. The van der Waals surface area contributed by atoms with Crippen molar-refractivity contribution in [2.75, 3.05) is 0 Å². The molecule has 124 valence electrons. The zero-order valence-electron chi connectivity index (χ0n) is 12.9. The summed E-state index contributed by atoms with van der Waals surface area (Å²) >= 11 is 10.2. The van der Waals surface area contributed by atoms with Crippen LogP contribution in [0.25, 0.3) is 0 Å². The monoisotopic (exact) mass is 365 g/mol. The highest BCUT2D eigenvalue weighted by Gasteiger charge is 2.40. The fourth-order valence-corrected chi connectivity index (χ4v) is 4.01. The predicted molar refractivity (Wildman–Crippen MR) is 91.7 cm³/mol. The van der Waals surface area contributed by atoms with Crippen LogP contribution in [0.1, 0.15) is 27.7 Å². The summed E-state index contributed by atoms with van der Waals surface area (Å²) in [5.74, 6) is -0.156. The topological polar surface area (TPSA) is 64.6 Å². The lowest BCUT2D eigenvalue weighted by Gasteiger charge is -2.32. The number of nitrogens with one attached hydrogen (secondary N) is 1. The normalized spacial score (nSPS) is 16.0. The van der Waals surface area contributed by atoms with Crippen molar-refractivity contribution in [3.8, 4) is 5.75 Å². The molecule has 0 heterocycles. The first kappa shape index (κ1) is 19.4. The summed E-state index contributed by atoms with van der Waals surface area (Å²) < 4.78 is 22.8. The van der Waals surface area contributed by atoms with Crippen LogP contribution in [0.15, 0.2) is 30.3 Å². The molecule has 1 aromatic carbocycles. The van der Waals surface area contributed by atoms with E-state index in [4.69, 9.17) is 20.5 Å². The van der Waals surface area contributed by atoms with Gasteiger partial charge in [-0.05, 0) is 39.8 Å². The molecule has 0 saturated heterocycles. The van der Waals surface area contributed by atoms with E-state index >= 15 is 0 Å². The molecular formula is C14H21ClNO4PS. The van der Waals surface area contributed by atoms with Gasteiger partial charge in [-0.1, -0.05) is 18.2 Å². The van der Waals surface area contributed by atoms with Crippen molar-refractivity contribution in [3.05, 3.63) is 30.3 Å². The number of hydrogen-bond donors (Lipinski definition) is 2. The van der Waals surface area contributed by atoms with Crippen molar-refractivity contribution >= 4 is 36.7 Å². The molecule has 0 aromatic heterocycles. The number of rotatable bonds is 7. The van der Waals surface area contributed by atoms with Crippen molar-refractivity contribution in [3.63, 3.8) is 0 Å². The SMILES string of the molecule is CC(C)OC(=O)C(S)C(C)(C)NP(=O)(Cl)Oc1ccccc1. The van der Waals surface area contributed by atoms with Crippen molar-refractivity contribution < 1.29 is 18.6 Å². The minimum atomic E-state index is -3.70. The van der Waals surface area contributed by atoms with Crippen LogP contribution in [0.5, 0.6) is 5.75 Å². The first-order valence-electron chi connectivity index (χ1n) is 6.76. The second kappa shape index (κ2) is 7.73. The molecule has 5 nitrogen and oxygen atoms in total. The van der Waals surface area contributed by atoms with Crippen LogP contribution in [0.3, 0.4) is 0 Å². The summed E-state index contributed by atoms with van der Waals surface area (Å²) in [4.78, 5) is 11.9. The minimum Gasteiger partial charge on any atom is -0.462 e. The maximum absolute atomic E-state index is 12.4. The van der Waals surface area contributed by atoms with E-state index < -0.39 is 23.6 Å². The van der Waals surface area contributed by atoms with E-state index in [0.29, 0.717) is 5.75 Å². The van der Waals surface area contributed by atoms with Crippen LogP contribution in [-0.2, 0) is 14.1 Å². The molecule has 0 aliphatic carbocycles. The van der Waals surface area contributed by atoms with Crippen LogP contribution < -0.4 is 9.61 Å². The summed E-state index contributed by atoms with van der Waals surface area (Å²) in [6.07, 6.45) is -0.263. The van der Waals surface area contributed by atoms with Crippen LogP contribution >= 0.6 is 30.7 Å².